The molecule has 94 valence electrons. The number of hydrogen-bond donors (Lipinski definition) is 2. The fraction of sp³-hybridized carbons (Fsp3) is 0.286. The second kappa shape index (κ2) is 4.84. The third kappa shape index (κ3) is 2.12. The first-order chi connectivity index (χ1) is 8.86. The maximum absolute atomic E-state index is 5.64. The van der Waals surface area contributed by atoms with Gasteiger partial charge in [-0.1, -0.05) is 12.1 Å². The van der Waals surface area contributed by atoms with Crippen LogP contribution >= 0.6 is 0 Å². The highest BCUT2D eigenvalue weighted by molar-refractivity contribution is 5.41. The second-order valence-electron chi connectivity index (χ2n) is 4.47. The van der Waals surface area contributed by atoms with Crippen LogP contribution in [0.5, 0.6) is 5.75 Å². The van der Waals surface area contributed by atoms with Gasteiger partial charge in [0.15, 0.2) is 0 Å². The molecule has 3 rings (SSSR count). The van der Waals surface area contributed by atoms with Gasteiger partial charge < -0.3 is 9.15 Å². The van der Waals surface area contributed by atoms with Crippen LogP contribution in [-0.4, -0.2) is 6.61 Å². The molecule has 0 radical (unpaired) electrons. The normalized spacial score (nSPS) is 15.2. The Kier molecular flexibility index (Phi) is 3.04. The van der Waals surface area contributed by atoms with Crippen molar-refractivity contribution >= 4 is 0 Å². The summed E-state index contributed by atoms with van der Waals surface area (Å²) < 4.78 is 10.9. The quantitative estimate of drug-likeness (QED) is 0.637. The molecule has 0 saturated heterocycles. The van der Waals surface area contributed by atoms with Crippen LogP contribution in [0.3, 0.4) is 0 Å². The van der Waals surface area contributed by atoms with Gasteiger partial charge in [0.1, 0.15) is 11.5 Å². The van der Waals surface area contributed by atoms with Gasteiger partial charge in [0, 0.05) is 12.8 Å². The lowest BCUT2D eigenvalue weighted by Gasteiger charge is -2.15. The maximum atomic E-state index is 5.64. The van der Waals surface area contributed by atoms with Crippen LogP contribution in [0.25, 0.3) is 0 Å². The van der Waals surface area contributed by atoms with Crippen molar-refractivity contribution in [3.63, 3.8) is 0 Å². The summed E-state index contributed by atoms with van der Waals surface area (Å²) in [6.07, 6.45) is 3.39. The Labute approximate surface area is 106 Å². The lowest BCUT2D eigenvalue weighted by molar-refractivity contribution is 0.356. The maximum Gasteiger partial charge on any atom is 0.122 e. The minimum absolute atomic E-state index is 0.0575. The van der Waals surface area contributed by atoms with E-state index in [1.54, 1.807) is 6.26 Å². The largest absolute Gasteiger partial charge is 0.493 e. The highest BCUT2D eigenvalue weighted by Crippen LogP contribution is 2.29. The number of hydrazine groups is 1. The first kappa shape index (κ1) is 11.3. The number of fused-ring (bicyclic) bond motifs is 1. The third-order valence-corrected chi connectivity index (χ3v) is 3.30. The van der Waals surface area contributed by atoms with E-state index in [1.807, 2.05) is 18.2 Å². The second-order valence-corrected chi connectivity index (χ2v) is 4.47. The van der Waals surface area contributed by atoms with Gasteiger partial charge in [-0.05, 0) is 29.3 Å². The van der Waals surface area contributed by atoms with E-state index in [-0.39, 0.29) is 6.04 Å². The van der Waals surface area contributed by atoms with Gasteiger partial charge in [-0.2, -0.15) is 0 Å². The van der Waals surface area contributed by atoms with E-state index >= 15 is 0 Å². The van der Waals surface area contributed by atoms with Gasteiger partial charge in [0.05, 0.1) is 18.9 Å². The van der Waals surface area contributed by atoms with Gasteiger partial charge in [-0.3, -0.25) is 11.3 Å². The number of benzene rings is 1. The molecule has 4 nitrogen and oxygen atoms in total. The van der Waals surface area contributed by atoms with Crippen molar-refractivity contribution in [2.75, 3.05) is 6.61 Å². The minimum atomic E-state index is 0.0575. The molecule has 2 aromatic rings. The van der Waals surface area contributed by atoms with Crippen molar-refractivity contribution in [3.05, 3.63) is 53.5 Å². The first-order valence-corrected chi connectivity index (χ1v) is 6.11. The molecule has 1 unspecified atom stereocenters. The molecule has 18 heavy (non-hydrogen) atoms. The average Bonchev–Trinajstić information content (AvgIpc) is 3.06. The van der Waals surface area contributed by atoms with E-state index in [2.05, 4.69) is 17.6 Å². The zero-order chi connectivity index (χ0) is 12.4. The zero-order valence-corrected chi connectivity index (χ0v) is 10.1. The van der Waals surface area contributed by atoms with Crippen molar-refractivity contribution in [3.8, 4) is 5.75 Å². The summed E-state index contributed by atoms with van der Waals surface area (Å²) >= 11 is 0. The molecular weight excluding hydrogens is 228 g/mol. The molecule has 0 aliphatic carbocycles. The fourth-order valence-electron chi connectivity index (χ4n) is 2.33. The molecule has 1 atom stereocenters. The summed E-state index contributed by atoms with van der Waals surface area (Å²) in [7, 11) is 0. The molecule has 1 aliphatic heterocycles. The first-order valence-electron chi connectivity index (χ1n) is 6.11. The van der Waals surface area contributed by atoms with Crippen LogP contribution in [0.2, 0.25) is 0 Å². The Hall–Kier alpha value is -1.78. The SMILES string of the molecule is NNC(Cc1ccco1)c1ccc2c(c1)CCO2. The molecule has 0 saturated carbocycles. The van der Waals surface area contributed by atoms with E-state index in [0.29, 0.717) is 0 Å². The Morgan fingerprint density at radius 1 is 1.33 bits per heavy atom. The molecule has 0 spiro atoms. The van der Waals surface area contributed by atoms with E-state index in [1.165, 1.54) is 5.56 Å². The highest BCUT2D eigenvalue weighted by atomic mass is 16.5. The number of nitrogens with one attached hydrogen (secondary N) is 1. The van der Waals surface area contributed by atoms with Crippen molar-refractivity contribution in [1.29, 1.82) is 0 Å². The standard InChI is InChI=1S/C14H16N2O2/c15-16-13(9-12-2-1-6-17-12)10-3-4-14-11(8-10)5-7-18-14/h1-4,6,8,13,16H,5,7,9,15H2. The number of ether oxygens (including phenoxy) is 1. The summed E-state index contributed by atoms with van der Waals surface area (Å²) in [6, 6.07) is 10.1. The van der Waals surface area contributed by atoms with Crippen molar-refractivity contribution in [1.82, 2.24) is 5.43 Å². The monoisotopic (exact) mass is 244 g/mol. The Bertz CT molecular complexity index is 523. The van der Waals surface area contributed by atoms with Gasteiger partial charge in [0.2, 0.25) is 0 Å². The number of rotatable bonds is 4. The van der Waals surface area contributed by atoms with E-state index in [9.17, 15) is 0 Å². The molecule has 0 amide bonds. The molecule has 3 N–H and O–H groups in total. The van der Waals surface area contributed by atoms with Crippen LogP contribution < -0.4 is 16.0 Å². The van der Waals surface area contributed by atoms with E-state index in [4.69, 9.17) is 15.0 Å². The summed E-state index contributed by atoms with van der Waals surface area (Å²) in [6.45, 7) is 0.775. The molecule has 1 aromatic heterocycles. The Morgan fingerprint density at radius 2 is 2.28 bits per heavy atom. The Balaban J connectivity index is 1.83. The molecular formula is C14H16N2O2. The van der Waals surface area contributed by atoms with Crippen LogP contribution in [-0.2, 0) is 12.8 Å². The Morgan fingerprint density at radius 3 is 3.06 bits per heavy atom. The lowest BCUT2D eigenvalue weighted by Crippen LogP contribution is -2.29. The molecule has 2 heterocycles. The smallest absolute Gasteiger partial charge is 0.122 e. The van der Waals surface area contributed by atoms with Crippen LogP contribution in [0.15, 0.2) is 41.0 Å². The summed E-state index contributed by atoms with van der Waals surface area (Å²) in [5.41, 5.74) is 5.27. The summed E-state index contributed by atoms with van der Waals surface area (Å²) in [5.74, 6) is 7.56. The van der Waals surface area contributed by atoms with Crippen molar-refractivity contribution < 1.29 is 9.15 Å². The summed E-state index contributed by atoms with van der Waals surface area (Å²) in [5, 5.41) is 0. The van der Waals surface area contributed by atoms with Crippen LogP contribution in [0.1, 0.15) is 22.9 Å². The van der Waals surface area contributed by atoms with Crippen LogP contribution in [0.4, 0.5) is 0 Å². The van der Waals surface area contributed by atoms with Crippen molar-refractivity contribution in [2.24, 2.45) is 5.84 Å². The third-order valence-electron chi connectivity index (χ3n) is 3.30. The predicted molar refractivity (Wildman–Crippen MR) is 68.1 cm³/mol. The predicted octanol–water partition coefficient (Wildman–Crippen LogP) is 1.96. The molecule has 0 bridgehead atoms. The highest BCUT2D eigenvalue weighted by Gasteiger charge is 2.17. The van der Waals surface area contributed by atoms with E-state index < -0.39 is 0 Å². The molecule has 1 aliphatic rings. The van der Waals surface area contributed by atoms with Gasteiger partial charge in [0.25, 0.3) is 0 Å². The van der Waals surface area contributed by atoms with E-state index in [0.717, 1.165) is 36.5 Å². The molecule has 0 fully saturated rings. The van der Waals surface area contributed by atoms with Crippen LogP contribution in [0, 0.1) is 0 Å². The van der Waals surface area contributed by atoms with Crippen molar-refractivity contribution in [2.45, 2.75) is 18.9 Å². The minimum Gasteiger partial charge on any atom is -0.493 e. The molecule has 4 heteroatoms. The van der Waals surface area contributed by atoms with Gasteiger partial charge >= 0.3 is 0 Å². The summed E-state index contributed by atoms with van der Waals surface area (Å²) in [4.78, 5) is 0. The number of furan rings is 1. The van der Waals surface area contributed by atoms with Gasteiger partial charge in [-0.25, -0.2) is 0 Å². The lowest BCUT2D eigenvalue weighted by atomic mass is 10.00. The topological polar surface area (TPSA) is 60.4 Å². The zero-order valence-electron chi connectivity index (χ0n) is 10.1. The fourth-order valence-corrected chi connectivity index (χ4v) is 2.33. The van der Waals surface area contributed by atoms with Gasteiger partial charge in [-0.15, -0.1) is 0 Å². The number of hydrogen-bond acceptors (Lipinski definition) is 4. The molecule has 1 aromatic carbocycles. The number of nitrogens with two attached hydrogens (primary N) is 1. The average molecular weight is 244 g/mol.